The second-order valence-corrected chi connectivity index (χ2v) is 5.59. The Labute approximate surface area is 116 Å². The summed E-state index contributed by atoms with van der Waals surface area (Å²) in [7, 11) is 1.72. The SMILES string of the molecule is Cn1ncc2c(=O)n(CCC(=O)OC(C)(C)C)cnc21. The molecule has 0 aliphatic carbocycles. The molecule has 0 unspecified atom stereocenters. The van der Waals surface area contributed by atoms with E-state index < -0.39 is 5.60 Å². The minimum Gasteiger partial charge on any atom is -0.460 e. The summed E-state index contributed by atoms with van der Waals surface area (Å²) in [5.74, 6) is -0.337. The lowest BCUT2D eigenvalue weighted by molar-refractivity contribution is -0.155. The van der Waals surface area contributed by atoms with Crippen LogP contribution in [-0.4, -0.2) is 30.9 Å². The topological polar surface area (TPSA) is 79.0 Å². The van der Waals surface area contributed by atoms with Crippen molar-refractivity contribution in [1.82, 2.24) is 19.3 Å². The number of rotatable bonds is 3. The molecule has 0 bridgehead atoms. The number of fused-ring (bicyclic) bond motifs is 1. The third kappa shape index (κ3) is 3.04. The van der Waals surface area contributed by atoms with Gasteiger partial charge in [-0.25, -0.2) is 4.98 Å². The van der Waals surface area contributed by atoms with Crippen molar-refractivity contribution in [2.24, 2.45) is 7.05 Å². The van der Waals surface area contributed by atoms with E-state index in [1.54, 1.807) is 27.8 Å². The Morgan fingerprint density at radius 3 is 2.75 bits per heavy atom. The molecule has 0 radical (unpaired) electrons. The fourth-order valence-electron chi connectivity index (χ4n) is 1.83. The van der Waals surface area contributed by atoms with E-state index in [4.69, 9.17) is 4.74 Å². The second kappa shape index (κ2) is 5.07. The zero-order valence-corrected chi connectivity index (χ0v) is 12.1. The van der Waals surface area contributed by atoms with Gasteiger partial charge in [-0.05, 0) is 20.8 Å². The highest BCUT2D eigenvalue weighted by molar-refractivity contribution is 5.73. The molecule has 7 heteroatoms. The first kappa shape index (κ1) is 14.2. The van der Waals surface area contributed by atoms with Crippen LogP contribution >= 0.6 is 0 Å². The number of aromatic nitrogens is 4. The molecule has 0 aliphatic heterocycles. The summed E-state index contributed by atoms with van der Waals surface area (Å²) in [5.41, 5.74) is -0.191. The molecule has 0 saturated carbocycles. The van der Waals surface area contributed by atoms with Gasteiger partial charge in [0.1, 0.15) is 11.0 Å². The lowest BCUT2D eigenvalue weighted by Crippen LogP contribution is -2.26. The number of nitrogens with zero attached hydrogens (tertiary/aromatic N) is 4. The van der Waals surface area contributed by atoms with Gasteiger partial charge in [0.25, 0.3) is 5.56 Å². The third-order valence-corrected chi connectivity index (χ3v) is 2.69. The first-order valence-electron chi connectivity index (χ1n) is 6.37. The first-order chi connectivity index (χ1) is 9.28. The molecule has 2 rings (SSSR count). The van der Waals surface area contributed by atoms with Gasteiger partial charge in [-0.3, -0.25) is 18.8 Å². The van der Waals surface area contributed by atoms with Crippen molar-refractivity contribution < 1.29 is 9.53 Å². The highest BCUT2D eigenvalue weighted by atomic mass is 16.6. The number of esters is 1. The Hall–Kier alpha value is -2.18. The number of aryl methyl sites for hydroxylation is 2. The van der Waals surface area contributed by atoms with Gasteiger partial charge in [0.05, 0.1) is 18.9 Å². The van der Waals surface area contributed by atoms with E-state index in [-0.39, 0.29) is 24.5 Å². The van der Waals surface area contributed by atoms with Crippen LogP contribution in [0.2, 0.25) is 0 Å². The van der Waals surface area contributed by atoms with Gasteiger partial charge in [0, 0.05) is 13.6 Å². The van der Waals surface area contributed by atoms with Crippen LogP contribution in [-0.2, 0) is 23.1 Å². The molecule has 0 spiro atoms. The van der Waals surface area contributed by atoms with E-state index in [0.717, 1.165) is 0 Å². The van der Waals surface area contributed by atoms with Crippen molar-refractivity contribution in [3.8, 4) is 0 Å². The first-order valence-corrected chi connectivity index (χ1v) is 6.37. The Balaban J connectivity index is 2.13. The average molecular weight is 278 g/mol. The maximum Gasteiger partial charge on any atom is 0.308 e. The maximum atomic E-state index is 12.2. The summed E-state index contributed by atoms with van der Waals surface area (Å²) in [6.45, 7) is 5.66. The largest absolute Gasteiger partial charge is 0.460 e. The van der Waals surface area contributed by atoms with E-state index in [1.807, 2.05) is 0 Å². The van der Waals surface area contributed by atoms with Crippen molar-refractivity contribution in [1.29, 1.82) is 0 Å². The van der Waals surface area contributed by atoms with Crippen LogP contribution in [0, 0.1) is 0 Å². The van der Waals surface area contributed by atoms with Crippen molar-refractivity contribution in [2.45, 2.75) is 39.3 Å². The molecule has 0 fully saturated rings. The van der Waals surface area contributed by atoms with E-state index >= 15 is 0 Å². The van der Waals surface area contributed by atoms with Crippen molar-refractivity contribution in [3.63, 3.8) is 0 Å². The number of carbonyl (C=O) groups excluding carboxylic acids is 1. The van der Waals surface area contributed by atoms with E-state index in [2.05, 4.69) is 10.1 Å². The molecule has 0 aliphatic rings. The van der Waals surface area contributed by atoms with Crippen LogP contribution in [0.3, 0.4) is 0 Å². The smallest absolute Gasteiger partial charge is 0.308 e. The van der Waals surface area contributed by atoms with Crippen LogP contribution in [0.5, 0.6) is 0 Å². The highest BCUT2D eigenvalue weighted by Gasteiger charge is 2.16. The summed E-state index contributed by atoms with van der Waals surface area (Å²) in [5, 5.41) is 4.43. The summed E-state index contributed by atoms with van der Waals surface area (Å²) in [6, 6.07) is 0. The van der Waals surface area contributed by atoms with Gasteiger partial charge in [0.2, 0.25) is 0 Å². The molecule has 2 aromatic heterocycles. The van der Waals surface area contributed by atoms with Gasteiger partial charge >= 0.3 is 5.97 Å². The number of hydrogen-bond donors (Lipinski definition) is 0. The van der Waals surface area contributed by atoms with Gasteiger partial charge in [-0.2, -0.15) is 5.10 Å². The Kier molecular flexibility index (Phi) is 3.61. The fraction of sp³-hybridized carbons (Fsp3) is 0.538. The molecule has 0 aromatic carbocycles. The predicted octanol–water partition coefficient (Wildman–Crippen LogP) is 0.862. The molecule has 0 atom stereocenters. The molecule has 0 N–H and O–H groups in total. The number of hydrogen-bond acceptors (Lipinski definition) is 5. The Bertz CT molecular complexity index is 694. The average Bonchev–Trinajstić information content (AvgIpc) is 2.69. The van der Waals surface area contributed by atoms with Gasteiger partial charge in [0.15, 0.2) is 5.65 Å². The van der Waals surface area contributed by atoms with Crippen molar-refractivity contribution in [3.05, 3.63) is 22.9 Å². The van der Waals surface area contributed by atoms with Crippen LogP contribution < -0.4 is 5.56 Å². The summed E-state index contributed by atoms with van der Waals surface area (Å²) < 4.78 is 8.13. The minimum absolute atomic E-state index is 0.130. The van der Waals surface area contributed by atoms with E-state index in [0.29, 0.717) is 11.0 Å². The van der Waals surface area contributed by atoms with E-state index in [9.17, 15) is 9.59 Å². The number of carbonyl (C=O) groups is 1. The highest BCUT2D eigenvalue weighted by Crippen LogP contribution is 2.09. The lowest BCUT2D eigenvalue weighted by atomic mass is 10.2. The Morgan fingerprint density at radius 2 is 2.10 bits per heavy atom. The van der Waals surface area contributed by atoms with Crippen molar-refractivity contribution >= 4 is 17.0 Å². The van der Waals surface area contributed by atoms with Gasteiger partial charge < -0.3 is 4.74 Å². The van der Waals surface area contributed by atoms with E-state index in [1.165, 1.54) is 21.8 Å². The normalized spacial score (nSPS) is 11.8. The molecule has 108 valence electrons. The van der Waals surface area contributed by atoms with Crippen molar-refractivity contribution in [2.75, 3.05) is 0 Å². The second-order valence-electron chi connectivity index (χ2n) is 5.59. The zero-order valence-electron chi connectivity index (χ0n) is 12.1. The molecule has 2 heterocycles. The molecular formula is C13H18N4O3. The molecular weight excluding hydrogens is 260 g/mol. The molecule has 20 heavy (non-hydrogen) atoms. The van der Waals surface area contributed by atoms with Crippen LogP contribution in [0.4, 0.5) is 0 Å². The molecule has 0 saturated heterocycles. The lowest BCUT2D eigenvalue weighted by Gasteiger charge is -2.19. The maximum absolute atomic E-state index is 12.2. The Morgan fingerprint density at radius 1 is 1.40 bits per heavy atom. The number of ether oxygens (including phenoxy) is 1. The summed E-state index contributed by atoms with van der Waals surface area (Å²) in [6.07, 6.45) is 3.04. The summed E-state index contributed by atoms with van der Waals surface area (Å²) in [4.78, 5) is 28.0. The third-order valence-electron chi connectivity index (χ3n) is 2.69. The molecule has 0 amide bonds. The van der Waals surface area contributed by atoms with Crippen LogP contribution in [0.15, 0.2) is 17.3 Å². The quantitative estimate of drug-likeness (QED) is 0.778. The molecule has 2 aromatic rings. The summed E-state index contributed by atoms with van der Waals surface area (Å²) >= 11 is 0. The van der Waals surface area contributed by atoms with Gasteiger partial charge in [-0.1, -0.05) is 0 Å². The zero-order chi connectivity index (χ0) is 14.9. The molecule has 7 nitrogen and oxygen atoms in total. The standard InChI is InChI=1S/C13H18N4O3/c1-13(2,3)20-10(18)5-6-17-8-14-11-9(12(17)19)7-15-16(11)4/h7-8H,5-6H2,1-4H3. The van der Waals surface area contributed by atoms with Crippen LogP contribution in [0.1, 0.15) is 27.2 Å². The monoisotopic (exact) mass is 278 g/mol. The van der Waals surface area contributed by atoms with Gasteiger partial charge in [-0.15, -0.1) is 0 Å². The van der Waals surface area contributed by atoms with Crippen LogP contribution in [0.25, 0.3) is 11.0 Å². The predicted molar refractivity (Wildman–Crippen MR) is 73.2 cm³/mol. The minimum atomic E-state index is -0.520. The fourth-order valence-corrected chi connectivity index (χ4v) is 1.83.